The number of hydrogen-bond donors (Lipinski definition) is 0. The van der Waals surface area contributed by atoms with Crippen LogP contribution in [0.4, 0.5) is 0 Å². The lowest BCUT2D eigenvalue weighted by atomic mass is 9.94. The first-order chi connectivity index (χ1) is 10.6. The lowest BCUT2D eigenvalue weighted by Gasteiger charge is -2.33. The summed E-state index contributed by atoms with van der Waals surface area (Å²) in [7, 11) is 1.80. The second-order valence-electron chi connectivity index (χ2n) is 6.25. The van der Waals surface area contributed by atoms with Crippen LogP contribution in [-0.2, 0) is 9.59 Å². The van der Waals surface area contributed by atoms with Crippen LogP contribution in [0.25, 0.3) is 0 Å². The number of rotatable bonds is 2. The third kappa shape index (κ3) is 2.98. The summed E-state index contributed by atoms with van der Waals surface area (Å²) in [5.41, 5.74) is 1.13. The standard InChI is InChI=1S/C17H21ClN2O2/c1-19-10-8-13(11-16(19)21)17(22)20-9-2-3-15(20)12-4-6-14(18)7-5-12/h4-7,13,15H,2-3,8-11H2,1H3/t13-,15+/m1/s1. The molecule has 2 amide bonds. The van der Waals surface area contributed by atoms with E-state index in [1.165, 1.54) is 0 Å². The molecule has 0 N–H and O–H groups in total. The van der Waals surface area contributed by atoms with E-state index in [9.17, 15) is 9.59 Å². The Bertz CT molecular complexity index is 573. The molecule has 0 unspecified atom stereocenters. The minimum absolute atomic E-state index is 0.0758. The molecule has 2 fully saturated rings. The van der Waals surface area contributed by atoms with Crippen LogP contribution >= 0.6 is 11.6 Å². The van der Waals surface area contributed by atoms with Crippen molar-refractivity contribution in [1.29, 1.82) is 0 Å². The van der Waals surface area contributed by atoms with Gasteiger partial charge in [-0.1, -0.05) is 23.7 Å². The number of piperidine rings is 1. The molecule has 0 spiro atoms. The van der Waals surface area contributed by atoms with Crippen LogP contribution in [0, 0.1) is 5.92 Å². The van der Waals surface area contributed by atoms with Crippen LogP contribution in [0.15, 0.2) is 24.3 Å². The van der Waals surface area contributed by atoms with Gasteiger partial charge in [-0.05, 0) is 37.0 Å². The SMILES string of the molecule is CN1CC[C@@H](C(=O)N2CCC[C@H]2c2ccc(Cl)cc2)CC1=O. The topological polar surface area (TPSA) is 40.6 Å². The Morgan fingerprint density at radius 2 is 1.91 bits per heavy atom. The van der Waals surface area contributed by atoms with Crippen molar-refractivity contribution in [3.63, 3.8) is 0 Å². The number of likely N-dealkylation sites (tertiary alicyclic amines) is 2. The number of nitrogens with zero attached hydrogens (tertiary/aromatic N) is 2. The van der Waals surface area contributed by atoms with Gasteiger partial charge in [-0.3, -0.25) is 9.59 Å². The van der Waals surface area contributed by atoms with Gasteiger partial charge in [0, 0.05) is 37.5 Å². The molecule has 118 valence electrons. The van der Waals surface area contributed by atoms with E-state index < -0.39 is 0 Å². The van der Waals surface area contributed by atoms with Gasteiger partial charge in [-0.25, -0.2) is 0 Å². The van der Waals surface area contributed by atoms with Gasteiger partial charge in [0.15, 0.2) is 0 Å². The maximum atomic E-state index is 12.8. The second kappa shape index (κ2) is 6.29. The smallest absolute Gasteiger partial charge is 0.226 e. The van der Waals surface area contributed by atoms with Gasteiger partial charge in [0.1, 0.15) is 0 Å². The van der Waals surface area contributed by atoms with Crippen LogP contribution in [0.2, 0.25) is 5.02 Å². The van der Waals surface area contributed by atoms with Crippen molar-refractivity contribution in [3.05, 3.63) is 34.9 Å². The molecule has 0 aliphatic carbocycles. The summed E-state index contributed by atoms with van der Waals surface area (Å²) in [6.45, 7) is 1.46. The van der Waals surface area contributed by atoms with Gasteiger partial charge >= 0.3 is 0 Å². The van der Waals surface area contributed by atoms with Crippen LogP contribution in [-0.4, -0.2) is 41.8 Å². The average Bonchev–Trinajstić information content (AvgIpc) is 2.99. The molecule has 1 aromatic rings. The van der Waals surface area contributed by atoms with E-state index in [0.29, 0.717) is 18.0 Å². The number of carbonyl (C=O) groups is 2. The number of carbonyl (C=O) groups excluding carboxylic acids is 2. The quantitative estimate of drug-likeness (QED) is 0.840. The minimum atomic E-state index is -0.156. The van der Waals surface area contributed by atoms with E-state index in [1.54, 1.807) is 11.9 Å². The molecule has 2 aliphatic rings. The lowest BCUT2D eigenvalue weighted by Crippen LogP contribution is -2.43. The Balaban J connectivity index is 1.74. The zero-order chi connectivity index (χ0) is 15.7. The van der Waals surface area contributed by atoms with E-state index >= 15 is 0 Å². The maximum Gasteiger partial charge on any atom is 0.226 e. The Morgan fingerprint density at radius 3 is 2.59 bits per heavy atom. The Morgan fingerprint density at radius 1 is 1.18 bits per heavy atom. The van der Waals surface area contributed by atoms with E-state index in [-0.39, 0.29) is 23.8 Å². The normalized spacial score (nSPS) is 25.6. The third-order valence-electron chi connectivity index (χ3n) is 4.80. The first kappa shape index (κ1) is 15.3. The maximum absolute atomic E-state index is 12.8. The van der Waals surface area contributed by atoms with Gasteiger partial charge in [0.05, 0.1) is 6.04 Å². The fourth-order valence-electron chi connectivity index (χ4n) is 3.45. The van der Waals surface area contributed by atoms with Crippen molar-refractivity contribution < 1.29 is 9.59 Å². The van der Waals surface area contributed by atoms with E-state index in [0.717, 1.165) is 31.4 Å². The molecule has 3 rings (SSSR count). The number of amides is 2. The highest BCUT2D eigenvalue weighted by atomic mass is 35.5. The fraction of sp³-hybridized carbons (Fsp3) is 0.529. The predicted octanol–water partition coefficient (Wildman–Crippen LogP) is 2.87. The summed E-state index contributed by atoms with van der Waals surface area (Å²) in [4.78, 5) is 28.4. The molecule has 5 heteroatoms. The lowest BCUT2D eigenvalue weighted by molar-refractivity contribution is -0.145. The minimum Gasteiger partial charge on any atom is -0.346 e. The highest BCUT2D eigenvalue weighted by Gasteiger charge is 2.36. The molecule has 22 heavy (non-hydrogen) atoms. The van der Waals surface area contributed by atoms with Crippen LogP contribution in [0.3, 0.4) is 0 Å². The first-order valence-electron chi connectivity index (χ1n) is 7.86. The molecule has 0 bridgehead atoms. The van der Waals surface area contributed by atoms with Crippen LogP contribution < -0.4 is 0 Å². The Labute approximate surface area is 136 Å². The molecule has 0 saturated carbocycles. The molecule has 2 atom stereocenters. The zero-order valence-electron chi connectivity index (χ0n) is 12.8. The van der Waals surface area contributed by atoms with Gasteiger partial charge in [-0.15, -0.1) is 0 Å². The number of halogens is 1. The number of benzene rings is 1. The fourth-order valence-corrected chi connectivity index (χ4v) is 3.58. The second-order valence-corrected chi connectivity index (χ2v) is 6.68. The Hall–Kier alpha value is -1.55. The van der Waals surface area contributed by atoms with Crippen molar-refractivity contribution in [3.8, 4) is 0 Å². The molecular weight excluding hydrogens is 300 g/mol. The van der Waals surface area contributed by atoms with Crippen molar-refractivity contribution in [2.45, 2.75) is 31.7 Å². The molecule has 2 saturated heterocycles. The molecule has 4 nitrogen and oxygen atoms in total. The van der Waals surface area contributed by atoms with Gasteiger partial charge in [0.2, 0.25) is 11.8 Å². The van der Waals surface area contributed by atoms with Crippen LogP contribution in [0.1, 0.15) is 37.3 Å². The van der Waals surface area contributed by atoms with Gasteiger partial charge in [0.25, 0.3) is 0 Å². The van der Waals surface area contributed by atoms with E-state index in [4.69, 9.17) is 11.6 Å². The first-order valence-corrected chi connectivity index (χ1v) is 8.24. The number of hydrogen-bond acceptors (Lipinski definition) is 2. The largest absolute Gasteiger partial charge is 0.346 e. The van der Waals surface area contributed by atoms with Gasteiger partial charge in [-0.2, -0.15) is 0 Å². The summed E-state index contributed by atoms with van der Waals surface area (Å²) in [6, 6.07) is 7.87. The molecule has 2 heterocycles. The summed E-state index contributed by atoms with van der Waals surface area (Å²) in [6.07, 6.45) is 3.11. The Kier molecular flexibility index (Phi) is 4.39. The monoisotopic (exact) mass is 320 g/mol. The van der Waals surface area contributed by atoms with Gasteiger partial charge < -0.3 is 9.80 Å². The highest BCUT2D eigenvalue weighted by molar-refractivity contribution is 6.30. The molecule has 0 aromatic heterocycles. The predicted molar refractivity (Wildman–Crippen MR) is 85.5 cm³/mol. The molecule has 0 radical (unpaired) electrons. The van der Waals surface area contributed by atoms with Crippen molar-refractivity contribution in [1.82, 2.24) is 9.80 Å². The summed E-state index contributed by atoms with van der Waals surface area (Å²) in [5.74, 6) is 0.0577. The van der Waals surface area contributed by atoms with Crippen molar-refractivity contribution in [2.75, 3.05) is 20.1 Å². The van der Waals surface area contributed by atoms with E-state index in [2.05, 4.69) is 0 Å². The van der Waals surface area contributed by atoms with Crippen LogP contribution in [0.5, 0.6) is 0 Å². The zero-order valence-corrected chi connectivity index (χ0v) is 13.6. The molecule has 1 aromatic carbocycles. The molecule has 2 aliphatic heterocycles. The summed E-state index contributed by atoms with van der Waals surface area (Å²) >= 11 is 5.95. The molecular formula is C17H21ClN2O2. The third-order valence-corrected chi connectivity index (χ3v) is 5.05. The average molecular weight is 321 g/mol. The highest BCUT2D eigenvalue weighted by Crippen LogP contribution is 2.35. The van der Waals surface area contributed by atoms with Crippen molar-refractivity contribution >= 4 is 23.4 Å². The van der Waals surface area contributed by atoms with E-state index in [1.807, 2.05) is 29.2 Å². The summed E-state index contributed by atoms with van der Waals surface area (Å²) in [5, 5.41) is 0.709. The summed E-state index contributed by atoms with van der Waals surface area (Å²) < 4.78 is 0. The van der Waals surface area contributed by atoms with Crippen molar-refractivity contribution in [2.24, 2.45) is 5.92 Å².